The second-order valence-electron chi connectivity index (χ2n) is 27.1. The molecule has 3 aliphatic rings. The fourth-order valence-corrected chi connectivity index (χ4v) is 12.0. The van der Waals surface area contributed by atoms with Gasteiger partial charge in [0.05, 0.1) is 38.6 Å². The molecular formula is C64H108N16O20. The Kier molecular flexibility index (Phi) is 35.8. The molecule has 0 bridgehead atoms. The number of unbranched alkanes of at least 4 members (excludes halogenated alkanes) is 1. The van der Waals surface area contributed by atoms with Crippen molar-refractivity contribution in [1.29, 1.82) is 0 Å². The summed E-state index contributed by atoms with van der Waals surface area (Å²) in [7, 11) is 0. The van der Waals surface area contributed by atoms with E-state index in [0.717, 1.165) is 11.8 Å². The van der Waals surface area contributed by atoms with Crippen LogP contribution in [0.1, 0.15) is 159 Å². The molecule has 0 saturated carbocycles. The predicted molar refractivity (Wildman–Crippen MR) is 357 cm³/mol. The van der Waals surface area contributed by atoms with Crippen LogP contribution in [0.25, 0.3) is 0 Å². The maximum Gasteiger partial charge on any atom is 0.328 e. The van der Waals surface area contributed by atoms with E-state index in [1.807, 2.05) is 17.6 Å². The van der Waals surface area contributed by atoms with Gasteiger partial charge in [-0.25, -0.2) is 4.79 Å². The van der Waals surface area contributed by atoms with E-state index in [0.29, 0.717) is 38.6 Å². The molecule has 0 aromatic heterocycles. The van der Waals surface area contributed by atoms with Gasteiger partial charge in [-0.05, 0) is 114 Å². The van der Waals surface area contributed by atoms with Gasteiger partial charge in [-0.15, -0.1) is 0 Å². The minimum absolute atomic E-state index is 0.00593. The highest BCUT2D eigenvalue weighted by Crippen LogP contribution is 2.26. The van der Waals surface area contributed by atoms with E-state index >= 15 is 0 Å². The van der Waals surface area contributed by atoms with E-state index in [-0.39, 0.29) is 95.3 Å². The van der Waals surface area contributed by atoms with Crippen LogP contribution in [0.5, 0.6) is 0 Å². The molecule has 564 valence electrons. The van der Waals surface area contributed by atoms with Gasteiger partial charge in [0.1, 0.15) is 66.5 Å². The van der Waals surface area contributed by atoms with Crippen LogP contribution in [-0.2, 0) is 76.7 Å². The molecule has 3 rings (SSSR count). The topological polar surface area (TPSA) is 562 Å². The second-order valence-corrected chi connectivity index (χ2v) is 27.1. The van der Waals surface area contributed by atoms with Crippen molar-refractivity contribution in [2.24, 2.45) is 40.9 Å². The van der Waals surface area contributed by atoms with Gasteiger partial charge in [-0.2, -0.15) is 0 Å². The highest BCUT2D eigenvalue weighted by molar-refractivity contribution is 6.01. The average Bonchev–Trinajstić information content (AvgIpc) is 1.61. The van der Waals surface area contributed by atoms with Crippen LogP contribution < -0.4 is 70.4 Å². The Morgan fingerprint density at radius 1 is 0.470 bits per heavy atom. The number of rotatable bonds is 42. The number of aliphatic hydroxyl groups excluding tert-OH is 2. The molecule has 3 saturated heterocycles. The molecule has 14 amide bonds. The van der Waals surface area contributed by atoms with Gasteiger partial charge in [-0.1, -0.05) is 61.8 Å². The van der Waals surface area contributed by atoms with E-state index < -0.39 is 205 Å². The van der Waals surface area contributed by atoms with Crippen molar-refractivity contribution in [2.45, 2.75) is 237 Å². The Morgan fingerprint density at radius 2 is 0.890 bits per heavy atom. The van der Waals surface area contributed by atoms with Crippen LogP contribution >= 0.6 is 0 Å². The zero-order valence-corrected chi connectivity index (χ0v) is 58.8. The smallest absolute Gasteiger partial charge is 0.328 e. The van der Waals surface area contributed by atoms with E-state index in [4.69, 9.17) is 17.2 Å². The quantitative estimate of drug-likeness (QED) is 0.0254. The zero-order valence-electron chi connectivity index (χ0n) is 58.8. The van der Waals surface area contributed by atoms with Crippen LogP contribution in [0.2, 0.25) is 0 Å². The monoisotopic (exact) mass is 1420 g/mol. The lowest BCUT2D eigenvalue weighted by atomic mass is 9.96. The number of amides is 14. The van der Waals surface area contributed by atoms with Crippen LogP contribution in [0.3, 0.4) is 0 Å². The van der Waals surface area contributed by atoms with E-state index in [2.05, 4.69) is 42.5 Å². The molecule has 36 nitrogen and oxygen atoms in total. The normalized spacial score (nSPS) is 19.2. The van der Waals surface area contributed by atoms with Crippen molar-refractivity contribution in [3.8, 4) is 0 Å². The van der Waals surface area contributed by atoms with Crippen LogP contribution in [0.15, 0.2) is 0 Å². The number of nitrogens with zero attached hydrogens (tertiary/aromatic N) is 3. The highest BCUT2D eigenvalue weighted by atomic mass is 16.4. The number of hydrogen-bond donors (Lipinski definition) is 17. The standard InChI is InChI=1S/C64H108N16O20/c1-10-35(8)51(76-60(95)46-19-14-21-78(46)61(96)37(16-11-12-20-65)69-48(84)29-66)63(98)80-23-15-18-45(80)59(94)74-42(27-47(67)83)62(97)79-22-13-17-44(79)58(93)73-40(26-34(6)7)55(90)71-38(24-32(2)3)53(88)68-30-49(85)70-39(25-33(4)5)54(89)72-41(28-50(86)87)56(91)75-43(31-81)57(92)77-52(36(9)82)64(99)100/h32-46,51-52,81-82H,10-31,65-66H2,1-9H3,(H2,67,83)(H,68,88)(H,69,84)(H,70,85)(H,71,90)(H,72,89)(H,73,93)(H,74,94)(H,75,91)(H,76,95)(H,77,92)(H,86,87)(H,99,100)/t35?,36?,37-,38-,39-,40-,41-,42-,43-,44-,45-,46-,51-,52-/m0/s1. The molecule has 36 heteroatoms. The number of carbonyl (C=O) groups is 16. The van der Waals surface area contributed by atoms with Gasteiger partial charge < -0.3 is 105 Å². The summed E-state index contributed by atoms with van der Waals surface area (Å²) in [6.07, 6.45) is -0.133. The van der Waals surface area contributed by atoms with Gasteiger partial charge in [0.15, 0.2) is 6.04 Å². The molecule has 100 heavy (non-hydrogen) atoms. The number of carboxylic acids is 2. The number of carbonyl (C=O) groups excluding carboxylic acids is 14. The Bertz CT molecular complexity index is 2900. The Labute approximate surface area is 581 Å². The number of primary amides is 1. The minimum atomic E-state index is -1.93. The van der Waals surface area contributed by atoms with Crippen molar-refractivity contribution >= 4 is 94.6 Å². The number of carboxylic acid groups (broad SMARTS) is 2. The Hall–Kier alpha value is -8.64. The summed E-state index contributed by atoms with van der Waals surface area (Å²) in [5.74, 6) is -16.5. The van der Waals surface area contributed by atoms with E-state index in [1.54, 1.807) is 48.5 Å². The number of likely N-dealkylation sites (tertiary alicyclic amines) is 3. The van der Waals surface area contributed by atoms with Crippen molar-refractivity contribution in [3.05, 3.63) is 0 Å². The lowest BCUT2D eigenvalue weighted by Gasteiger charge is -2.34. The maximum absolute atomic E-state index is 14.6. The molecule has 2 unspecified atom stereocenters. The van der Waals surface area contributed by atoms with Gasteiger partial charge in [0.2, 0.25) is 82.7 Å². The lowest BCUT2D eigenvalue weighted by molar-refractivity contribution is -0.146. The summed E-state index contributed by atoms with van der Waals surface area (Å²) in [4.78, 5) is 220. The molecule has 0 aliphatic carbocycles. The molecular weight excluding hydrogens is 1310 g/mol. The number of nitrogens with one attached hydrogen (secondary N) is 10. The van der Waals surface area contributed by atoms with Gasteiger partial charge in [-0.3, -0.25) is 71.9 Å². The van der Waals surface area contributed by atoms with Crippen LogP contribution in [0.4, 0.5) is 0 Å². The molecule has 20 N–H and O–H groups in total. The largest absolute Gasteiger partial charge is 0.481 e. The van der Waals surface area contributed by atoms with Gasteiger partial charge >= 0.3 is 11.9 Å². The molecule has 0 aromatic carbocycles. The zero-order chi connectivity index (χ0) is 75.4. The van der Waals surface area contributed by atoms with Gasteiger partial charge in [0.25, 0.3) is 0 Å². The van der Waals surface area contributed by atoms with Crippen molar-refractivity contribution in [1.82, 2.24) is 67.9 Å². The summed E-state index contributed by atoms with van der Waals surface area (Å²) in [5.41, 5.74) is 16.9. The van der Waals surface area contributed by atoms with Crippen LogP contribution in [0, 0.1) is 23.7 Å². The number of aliphatic carboxylic acids is 2. The van der Waals surface area contributed by atoms with Crippen LogP contribution in [-0.4, -0.2) is 254 Å². The lowest BCUT2D eigenvalue weighted by Crippen LogP contribution is -2.61. The highest BCUT2D eigenvalue weighted by Gasteiger charge is 2.46. The first-order chi connectivity index (χ1) is 47.0. The van der Waals surface area contributed by atoms with Crippen molar-refractivity contribution in [3.63, 3.8) is 0 Å². The predicted octanol–water partition coefficient (Wildman–Crippen LogP) is -5.48. The fraction of sp³-hybridized carbons (Fsp3) is 0.750. The van der Waals surface area contributed by atoms with Crippen molar-refractivity contribution < 1.29 is 97.1 Å². The minimum Gasteiger partial charge on any atom is -0.481 e. The number of hydrogen-bond acceptors (Lipinski definition) is 20. The molecule has 3 fully saturated rings. The molecule has 0 aromatic rings. The number of aliphatic hydroxyl groups is 2. The van der Waals surface area contributed by atoms with Crippen molar-refractivity contribution in [2.75, 3.05) is 45.9 Å². The summed E-state index contributed by atoms with van der Waals surface area (Å²) < 4.78 is 0. The third kappa shape index (κ3) is 26.8. The first-order valence-electron chi connectivity index (χ1n) is 34.3. The first kappa shape index (κ1) is 85.6. The third-order valence-electron chi connectivity index (χ3n) is 17.4. The van der Waals surface area contributed by atoms with Gasteiger partial charge in [0, 0.05) is 19.6 Å². The first-order valence-corrected chi connectivity index (χ1v) is 34.3. The molecule has 0 radical (unpaired) electrons. The Morgan fingerprint density at radius 3 is 1.33 bits per heavy atom. The van der Waals surface area contributed by atoms with E-state index in [9.17, 15) is 97.1 Å². The SMILES string of the molecule is CCC(C)[C@H](NC(=O)[C@@H]1CCCN1C(=O)[C@H](CCCCN)NC(=O)CN)C(=O)N1CCC[C@H]1C(=O)N[C@@H](CC(N)=O)C(=O)N1CCC[C@H]1C(=O)N[C@@H](CC(C)C)C(=O)N[C@@H](CC(C)C)C(=O)NCC(=O)N[C@@H](CC(C)C)C(=O)N[C@@H](CC(=O)O)C(=O)N[C@@H](CO)C(=O)N[C@H](C(=O)O)C(C)O. The van der Waals surface area contributed by atoms with E-state index in [1.165, 1.54) is 9.80 Å². The summed E-state index contributed by atoms with van der Waals surface area (Å²) >= 11 is 0. The molecule has 0 spiro atoms. The number of nitrogens with two attached hydrogens (primary N) is 3. The average molecular weight is 1420 g/mol. The molecule has 3 heterocycles. The third-order valence-corrected chi connectivity index (χ3v) is 17.4. The summed E-state index contributed by atoms with van der Waals surface area (Å²) in [6, 6.07) is -17.0. The molecule has 14 atom stereocenters. The fourth-order valence-electron chi connectivity index (χ4n) is 12.0. The maximum atomic E-state index is 14.6. The summed E-state index contributed by atoms with van der Waals surface area (Å²) in [6.45, 7) is 13.3. The summed E-state index contributed by atoms with van der Waals surface area (Å²) in [5, 5.41) is 63.1. The molecule has 3 aliphatic heterocycles. The Balaban J connectivity index is 1.77. The second kappa shape index (κ2) is 41.8.